The Kier molecular flexibility index (Phi) is 5.43. The fourth-order valence-electron chi connectivity index (χ4n) is 3.12. The van der Waals surface area contributed by atoms with E-state index in [0.29, 0.717) is 23.0 Å². The van der Waals surface area contributed by atoms with Gasteiger partial charge in [-0.05, 0) is 36.4 Å². The largest absolute Gasteiger partial charge is 0.457 e. The van der Waals surface area contributed by atoms with Gasteiger partial charge in [0.15, 0.2) is 0 Å². The van der Waals surface area contributed by atoms with Gasteiger partial charge in [-0.2, -0.15) is 13.2 Å². The zero-order valence-corrected chi connectivity index (χ0v) is 17.1. The third kappa shape index (κ3) is 4.34. The van der Waals surface area contributed by atoms with Gasteiger partial charge in [-0.15, -0.1) is 0 Å². The molecule has 0 aliphatic carbocycles. The second-order valence-corrected chi connectivity index (χ2v) is 6.91. The van der Waals surface area contributed by atoms with E-state index in [0.717, 1.165) is 17.6 Å². The maximum Gasteiger partial charge on any atom is 0.416 e. The molecule has 1 amide bonds. The Hall–Kier alpha value is -4.08. The average Bonchev–Trinajstić information content (AvgIpc) is 3.07. The number of benzene rings is 2. The number of amides is 1. The number of halogens is 3. The van der Waals surface area contributed by atoms with Crippen LogP contribution in [0.4, 0.5) is 24.8 Å². The van der Waals surface area contributed by atoms with Crippen molar-refractivity contribution in [3.63, 3.8) is 0 Å². The molecule has 2 heterocycles. The number of nitrogens with zero attached hydrogens (tertiary/aromatic N) is 3. The minimum Gasteiger partial charge on any atom is -0.457 e. The molecule has 32 heavy (non-hydrogen) atoms. The fraction of sp³-hybridized carbons (Fsp3) is 0.136. The van der Waals surface area contributed by atoms with Crippen LogP contribution in [-0.4, -0.2) is 27.5 Å². The van der Waals surface area contributed by atoms with Crippen molar-refractivity contribution in [2.75, 3.05) is 12.4 Å². The number of aryl methyl sites for hydroxylation is 1. The van der Waals surface area contributed by atoms with Crippen LogP contribution in [-0.2, 0) is 13.2 Å². The van der Waals surface area contributed by atoms with Crippen LogP contribution in [0.5, 0.6) is 11.5 Å². The minimum absolute atomic E-state index is 0.219. The molecule has 0 spiro atoms. The number of carbonyl (C=O) groups is 1. The normalized spacial score (nSPS) is 11.4. The third-order valence-corrected chi connectivity index (χ3v) is 4.73. The third-order valence-electron chi connectivity index (χ3n) is 4.73. The molecule has 7 nitrogen and oxygen atoms in total. The maximum absolute atomic E-state index is 13.0. The van der Waals surface area contributed by atoms with Gasteiger partial charge < -0.3 is 19.9 Å². The van der Waals surface area contributed by atoms with Gasteiger partial charge in [0.25, 0.3) is 5.91 Å². The number of hydrogen-bond acceptors (Lipinski definition) is 5. The van der Waals surface area contributed by atoms with E-state index in [-0.39, 0.29) is 17.3 Å². The number of nitrogens with one attached hydrogen (secondary N) is 2. The summed E-state index contributed by atoms with van der Waals surface area (Å²) in [4.78, 5) is 20.2. The summed E-state index contributed by atoms with van der Waals surface area (Å²) in [6.07, 6.45) is -2.96. The number of anilines is 2. The Morgan fingerprint density at radius 1 is 1.06 bits per heavy atom. The Balaban J connectivity index is 1.60. The molecular formula is C22H18F3N5O2. The first-order valence-corrected chi connectivity index (χ1v) is 9.51. The van der Waals surface area contributed by atoms with Crippen molar-refractivity contribution in [3.05, 3.63) is 72.1 Å². The first-order valence-electron chi connectivity index (χ1n) is 9.51. The first kappa shape index (κ1) is 21.2. The van der Waals surface area contributed by atoms with Crippen molar-refractivity contribution in [1.29, 1.82) is 0 Å². The molecule has 0 saturated carbocycles. The van der Waals surface area contributed by atoms with Gasteiger partial charge in [0, 0.05) is 38.1 Å². The molecule has 164 valence electrons. The number of pyridine rings is 1. The molecule has 0 aliphatic rings. The first-order chi connectivity index (χ1) is 15.2. The molecule has 10 heteroatoms. The lowest BCUT2D eigenvalue weighted by molar-refractivity contribution is -0.137. The molecule has 2 aromatic heterocycles. The number of hydrogen-bond donors (Lipinski definition) is 2. The summed E-state index contributed by atoms with van der Waals surface area (Å²) < 4.78 is 46.5. The highest BCUT2D eigenvalue weighted by atomic mass is 19.4. The van der Waals surface area contributed by atoms with E-state index in [9.17, 15) is 18.0 Å². The van der Waals surface area contributed by atoms with Gasteiger partial charge in [0.05, 0.1) is 16.6 Å². The van der Waals surface area contributed by atoms with E-state index in [1.807, 2.05) is 0 Å². The summed E-state index contributed by atoms with van der Waals surface area (Å²) in [6.45, 7) is 0. The van der Waals surface area contributed by atoms with Crippen molar-refractivity contribution in [1.82, 2.24) is 19.9 Å². The Labute approximate surface area is 180 Å². The van der Waals surface area contributed by atoms with Crippen molar-refractivity contribution in [2.24, 2.45) is 7.05 Å². The molecule has 0 atom stereocenters. The van der Waals surface area contributed by atoms with E-state index in [1.165, 1.54) is 31.4 Å². The van der Waals surface area contributed by atoms with Crippen molar-refractivity contribution >= 4 is 28.6 Å². The minimum atomic E-state index is -4.43. The molecule has 0 aliphatic heterocycles. The van der Waals surface area contributed by atoms with Crippen LogP contribution in [0.2, 0.25) is 0 Å². The molecule has 2 N–H and O–H groups in total. The topological polar surface area (TPSA) is 81.1 Å². The van der Waals surface area contributed by atoms with E-state index < -0.39 is 11.7 Å². The summed E-state index contributed by atoms with van der Waals surface area (Å²) in [6, 6.07) is 13.3. The number of aromatic nitrogens is 3. The number of ether oxygens (including phenoxy) is 1. The highest BCUT2D eigenvalue weighted by Gasteiger charge is 2.30. The van der Waals surface area contributed by atoms with Gasteiger partial charge in [0.1, 0.15) is 17.2 Å². The van der Waals surface area contributed by atoms with E-state index in [1.54, 1.807) is 35.9 Å². The molecule has 0 saturated heterocycles. The zero-order valence-electron chi connectivity index (χ0n) is 17.1. The number of carbonyl (C=O) groups excluding carboxylic acids is 1. The quantitative estimate of drug-likeness (QED) is 0.461. The lowest BCUT2D eigenvalue weighted by Gasteiger charge is -2.10. The van der Waals surface area contributed by atoms with Crippen LogP contribution in [0.3, 0.4) is 0 Å². The number of alkyl halides is 3. The van der Waals surface area contributed by atoms with E-state index >= 15 is 0 Å². The van der Waals surface area contributed by atoms with Gasteiger partial charge in [0.2, 0.25) is 5.95 Å². The number of rotatable bonds is 5. The highest BCUT2D eigenvalue weighted by Crippen LogP contribution is 2.32. The molecule has 2 aromatic carbocycles. The van der Waals surface area contributed by atoms with Crippen molar-refractivity contribution in [3.8, 4) is 11.5 Å². The summed E-state index contributed by atoms with van der Waals surface area (Å²) >= 11 is 0. The van der Waals surface area contributed by atoms with Gasteiger partial charge >= 0.3 is 6.18 Å². The van der Waals surface area contributed by atoms with Crippen LogP contribution < -0.4 is 15.4 Å². The smallest absolute Gasteiger partial charge is 0.416 e. The molecule has 0 bridgehead atoms. The molecule has 0 fully saturated rings. The Bertz CT molecular complexity index is 1300. The lowest BCUT2D eigenvalue weighted by atomic mass is 10.2. The monoisotopic (exact) mass is 441 g/mol. The SMILES string of the molecule is CNC(=O)c1cc(Oc2ccc3c(c2)nc(Nc2cccc(C(F)(F)F)c2)n3C)ccn1. The standard InChI is InChI=1S/C22H18F3N5O2/c1-26-20(31)18-12-16(8-9-27-18)32-15-6-7-19-17(11-15)29-21(30(19)2)28-14-5-3-4-13(10-14)22(23,24)25/h3-12H,1-2H3,(H,26,31)(H,28,29). The van der Waals surface area contributed by atoms with Crippen molar-refractivity contribution in [2.45, 2.75) is 6.18 Å². The molecule has 4 rings (SSSR count). The van der Waals surface area contributed by atoms with Crippen LogP contribution in [0.1, 0.15) is 16.1 Å². The molecular weight excluding hydrogens is 423 g/mol. The van der Waals surface area contributed by atoms with Gasteiger partial charge in [-0.1, -0.05) is 6.07 Å². The van der Waals surface area contributed by atoms with Crippen LogP contribution >= 0.6 is 0 Å². The molecule has 0 unspecified atom stereocenters. The lowest BCUT2D eigenvalue weighted by Crippen LogP contribution is -2.18. The van der Waals surface area contributed by atoms with E-state index in [4.69, 9.17) is 4.74 Å². The predicted octanol–water partition coefficient (Wildman–Crippen LogP) is 4.88. The predicted molar refractivity (Wildman–Crippen MR) is 113 cm³/mol. The molecule has 0 radical (unpaired) electrons. The summed E-state index contributed by atoms with van der Waals surface area (Å²) in [5.74, 6) is 0.953. The summed E-state index contributed by atoms with van der Waals surface area (Å²) in [7, 11) is 3.27. The Morgan fingerprint density at radius 3 is 2.59 bits per heavy atom. The second kappa shape index (κ2) is 8.22. The van der Waals surface area contributed by atoms with Crippen molar-refractivity contribution < 1.29 is 22.7 Å². The maximum atomic E-state index is 13.0. The highest BCUT2D eigenvalue weighted by molar-refractivity contribution is 5.92. The van der Waals surface area contributed by atoms with Gasteiger partial charge in [-0.25, -0.2) is 4.98 Å². The zero-order chi connectivity index (χ0) is 22.9. The second-order valence-electron chi connectivity index (χ2n) is 6.91. The fourth-order valence-corrected chi connectivity index (χ4v) is 3.12. The Morgan fingerprint density at radius 2 is 1.84 bits per heavy atom. The average molecular weight is 441 g/mol. The number of imidazole rings is 1. The summed E-state index contributed by atoms with van der Waals surface area (Å²) in [5, 5.41) is 5.43. The summed E-state index contributed by atoms with van der Waals surface area (Å²) in [5.41, 5.74) is 1.09. The van der Waals surface area contributed by atoms with Crippen LogP contribution in [0, 0.1) is 0 Å². The molecule has 4 aromatic rings. The van der Waals surface area contributed by atoms with Crippen LogP contribution in [0.25, 0.3) is 11.0 Å². The van der Waals surface area contributed by atoms with Crippen LogP contribution in [0.15, 0.2) is 60.8 Å². The van der Waals surface area contributed by atoms with E-state index in [2.05, 4.69) is 20.6 Å². The number of fused-ring (bicyclic) bond motifs is 1. The van der Waals surface area contributed by atoms with Gasteiger partial charge in [-0.3, -0.25) is 9.78 Å².